The zero-order valence-electron chi connectivity index (χ0n) is 11.8. The van der Waals surface area contributed by atoms with Crippen LogP contribution in [0.3, 0.4) is 0 Å². The number of nitrogens with zero attached hydrogens (tertiary/aromatic N) is 2. The van der Waals surface area contributed by atoms with Gasteiger partial charge in [0, 0.05) is 11.9 Å². The van der Waals surface area contributed by atoms with E-state index in [0.29, 0.717) is 5.41 Å². The van der Waals surface area contributed by atoms with Gasteiger partial charge in [-0.05, 0) is 49.1 Å². The number of hydrogen-bond donors (Lipinski definition) is 0. The van der Waals surface area contributed by atoms with Crippen molar-refractivity contribution < 1.29 is 0 Å². The van der Waals surface area contributed by atoms with E-state index < -0.39 is 0 Å². The van der Waals surface area contributed by atoms with Crippen LogP contribution in [0.2, 0.25) is 0 Å². The first-order chi connectivity index (χ1) is 8.45. The SMILES string of the molecule is Cc1ccc2nc3c(n2c1)CC(C(C)(C)C)CC3. The summed E-state index contributed by atoms with van der Waals surface area (Å²) in [7, 11) is 0. The van der Waals surface area contributed by atoms with Crippen molar-refractivity contribution in [2.24, 2.45) is 11.3 Å². The van der Waals surface area contributed by atoms with Gasteiger partial charge in [-0.1, -0.05) is 26.8 Å². The van der Waals surface area contributed by atoms with E-state index in [4.69, 9.17) is 4.98 Å². The van der Waals surface area contributed by atoms with Gasteiger partial charge in [0.2, 0.25) is 0 Å². The molecule has 1 atom stereocenters. The number of rotatable bonds is 0. The van der Waals surface area contributed by atoms with E-state index in [0.717, 1.165) is 18.0 Å². The van der Waals surface area contributed by atoms with Gasteiger partial charge in [-0.3, -0.25) is 0 Å². The maximum atomic E-state index is 4.77. The lowest BCUT2D eigenvalue weighted by Crippen LogP contribution is -2.27. The molecular weight excluding hydrogens is 220 g/mol. The highest BCUT2D eigenvalue weighted by atomic mass is 15.0. The van der Waals surface area contributed by atoms with Crippen LogP contribution in [0.5, 0.6) is 0 Å². The van der Waals surface area contributed by atoms with Crippen LogP contribution in [0, 0.1) is 18.3 Å². The minimum atomic E-state index is 0.395. The quantitative estimate of drug-likeness (QED) is 0.687. The van der Waals surface area contributed by atoms with Crippen molar-refractivity contribution in [1.29, 1.82) is 0 Å². The Balaban J connectivity index is 2.08. The monoisotopic (exact) mass is 242 g/mol. The molecule has 2 nitrogen and oxygen atoms in total. The predicted molar refractivity (Wildman–Crippen MR) is 74.9 cm³/mol. The lowest BCUT2D eigenvalue weighted by atomic mass is 9.73. The molecule has 2 heterocycles. The maximum Gasteiger partial charge on any atom is 0.137 e. The Morgan fingerprint density at radius 2 is 2.06 bits per heavy atom. The van der Waals surface area contributed by atoms with Crippen molar-refractivity contribution in [1.82, 2.24) is 9.38 Å². The molecule has 18 heavy (non-hydrogen) atoms. The molecule has 0 saturated heterocycles. The normalized spacial score (nSPS) is 20.1. The number of fused-ring (bicyclic) bond motifs is 3. The highest BCUT2D eigenvalue weighted by Crippen LogP contribution is 2.37. The minimum absolute atomic E-state index is 0.395. The topological polar surface area (TPSA) is 17.3 Å². The smallest absolute Gasteiger partial charge is 0.137 e. The van der Waals surface area contributed by atoms with E-state index in [2.05, 4.69) is 50.4 Å². The van der Waals surface area contributed by atoms with E-state index in [9.17, 15) is 0 Å². The molecule has 2 aromatic heterocycles. The Morgan fingerprint density at radius 1 is 1.28 bits per heavy atom. The summed E-state index contributed by atoms with van der Waals surface area (Å²) in [6.07, 6.45) is 5.81. The molecule has 3 rings (SSSR count). The number of aromatic nitrogens is 2. The van der Waals surface area contributed by atoms with Gasteiger partial charge in [0.1, 0.15) is 5.65 Å². The standard InChI is InChI=1S/C16H22N2/c1-11-5-8-15-17-13-7-6-12(16(2,3)4)9-14(13)18(15)10-11/h5,8,10,12H,6-7,9H2,1-4H3. The molecule has 0 aliphatic heterocycles. The van der Waals surface area contributed by atoms with Crippen molar-refractivity contribution in [2.75, 3.05) is 0 Å². The predicted octanol–water partition coefficient (Wildman–Crippen LogP) is 3.79. The molecular formula is C16H22N2. The van der Waals surface area contributed by atoms with Gasteiger partial charge in [0.25, 0.3) is 0 Å². The van der Waals surface area contributed by atoms with Gasteiger partial charge >= 0.3 is 0 Å². The second-order valence-corrected chi connectivity index (χ2v) is 6.75. The summed E-state index contributed by atoms with van der Waals surface area (Å²) in [6.45, 7) is 9.22. The Kier molecular flexibility index (Phi) is 2.51. The molecule has 1 unspecified atom stereocenters. The average molecular weight is 242 g/mol. The van der Waals surface area contributed by atoms with Crippen LogP contribution in [0.1, 0.15) is 44.1 Å². The fourth-order valence-corrected chi connectivity index (χ4v) is 3.05. The zero-order chi connectivity index (χ0) is 12.9. The van der Waals surface area contributed by atoms with Gasteiger partial charge < -0.3 is 4.40 Å². The van der Waals surface area contributed by atoms with E-state index in [1.165, 1.54) is 29.8 Å². The third kappa shape index (κ3) is 1.84. The van der Waals surface area contributed by atoms with Crippen molar-refractivity contribution in [3.8, 4) is 0 Å². The summed E-state index contributed by atoms with van der Waals surface area (Å²) in [6, 6.07) is 4.29. The molecule has 0 fully saturated rings. The van der Waals surface area contributed by atoms with Crippen LogP contribution >= 0.6 is 0 Å². The van der Waals surface area contributed by atoms with Gasteiger partial charge in [-0.2, -0.15) is 0 Å². The highest BCUT2D eigenvalue weighted by Gasteiger charge is 2.30. The molecule has 2 heteroatoms. The summed E-state index contributed by atoms with van der Waals surface area (Å²) >= 11 is 0. The van der Waals surface area contributed by atoms with Crippen molar-refractivity contribution in [2.45, 2.75) is 47.0 Å². The Hall–Kier alpha value is -1.31. The fraction of sp³-hybridized carbons (Fsp3) is 0.562. The number of hydrogen-bond acceptors (Lipinski definition) is 1. The average Bonchev–Trinajstić information content (AvgIpc) is 2.65. The van der Waals surface area contributed by atoms with Crippen LogP contribution in [0.25, 0.3) is 5.65 Å². The fourth-order valence-electron chi connectivity index (χ4n) is 3.05. The van der Waals surface area contributed by atoms with Crippen LogP contribution in [-0.4, -0.2) is 9.38 Å². The minimum Gasteiger partial charge on any atom is -0.304 e. The lowest BCUT2D eigenvalue weighted by molar-refractivity contribution is 0.213. The zero-order valence-corrected chi connectivity index (χ0v) is 11.8. The number of pyridine rings is 1. The summed E-state index contributed by atoms with van der Waals surface area (Å²) in [5.74, 6) is 0.769. The summed E-state index contributed by atoms with van der Waals surface area (Å²) in [5, 5.41) is 0. The van der Waals surface area contributed by atoms with Gasteiger partial charge in [-0.25, -0.2) is 4.98 Å². The first kappa shape index (κ1) is 11.8. The summed E-state index contributed by atoms with van der Waals surface area (Å²) < 4.78 is 2.31. The third-order valence-corrected chi connectivity index (χ3v) is 4.34. The molecule has 1 aliphatic rings. The Bertz CT molecular complexity index is 587. The van der Waals surface area contributed by atoms with E-state index in [-0.39, 0.29) is 0 Å². The largest absolute Gasteiger partial charge is 0.304 e. The number of imidazole rings is 1. The van der Waals surface area contributed by atoms with Gasteiger partial charge in [0.05, 0.1) is 5.69 Å². The second-order valence-electron chi connectivity index (χ2n) is 6.75. The molecule has 1 aliphatic carbocycles. The molecule has 0 radical (unpaired) electrons. The summed E-state index contributed by atoms with van der Waals surface area (Å²) in [4.78, 5) is 4.77. The number of aryl methyl sites for hydroxylation is 2. The second kappa shape index (κ2) is 3.84. The van der Waals surface area contributed by atoms with E-state index in [1.807, 2.05) is 0 Å². The van der Waals surface area contributed by atoms with Crippen LogP contribution < -0.4 is 0 Å². The molecule has 96 valence electrons. The molecule has 0 spiro atoms. The first-order valence-corrected chi connectivity index (χ1v) is 6.91. The van der Waals surface area contributed by atoms with Crippen molar-refractivity contribution in [3.05, 3.63) is 35.3 Å². The lowest BCUT2D eigenvalue weighted by Gasteiger charge is -2.33. The molecule has 0 saturated carbocycles. The molecule has 2 aromatic rings. The molecule has 0 amide bonds. The van der Waals surface area contributed by atoms with Crippen LogP contribution in [-0.2, 0) is 12.8 Å². The Labute approximate surface area is 109 Å². The van der Waals surface area contributed by atoms with Crippen LogP contribution in [0.15, 0.2) is 18.3 Å². The van der Waals surface area contributed by atoms with Crippen LogP contribution in [0.4, 0.5) is 0 Å². The van der Waals surface area contributed by atoms with Crippen molar-refractivity contribution in [3.63, 3.8) is 0 Å². The van der Waals surface area contributed by atoms with Crippen molar-refractivity contribution >= 4 is 5.65 Å². The maximum absolute atomic E-state index is 4.77. The Morgan fingerprint density at radius 3 is 2.78 bits per heavy atom. The molecule has 0 aromatic carbocycles. The highest BCUT2D eigenvalue weighted by molar-refractivity contribution is 5.45. The van der Waals surface area contributed by atoms with Gasteiger partial charge in [0.15, 0.2) is 0 Å². The van der Waals surface area contributed by atoms with E-state index >= 15 is 0 Å². The van der Waals surface area contributed by atoms with Gasteiger partial charge in [-0.15, -0.1) is 0 Å². The summed E-state index contributed by atoms with van der Waals surface area (Å²) in [5.41, 5.74) is 5.58. The molecule has 0 bridgehead atoms. The third-order valence-electron chi connectivity index (χ3n) is 4.34. The molecule has 0 N–H and O–H groups in total. The van der Waals surface area contributed by atoms with E-state index in [1.54, 1.807) is 0 Å². The first-order valence-electron chi connectivity index (χ1n) is 6.91.